The van der Waals surface area contributed by atoms with E-state index >= 15 is 0 Å². The van der Waals surface area contributed by atoms with Crippen LogP contribution < -0.4 is 5.73 Å². The molecule has 0 aliphatic rings. The van der Waals surface area contributed by atoms with E-state index in [1.54, 1.807) is 0 Å². The Hall–Kier alpha value is -0.570. The lowest BCUT2D eigenvalue weighted by Gasteiger charge is -2.31. The number of rotatable bonds is 8. The molecular formula is C16H34N2O. The van der Waals surface area contributed by atoms with Gasteiger partial charge in [-0.1, -0.05) is 41.0 Å². The highest BCUT2D eigenvalue weighted by Crippen LogP contribution is 2.21. The first-order valence-corrected chi connectivity index (χ1v) is 7.76. The van der Waals surface area contributed by atoms with Gasteiger partial charge >= 0.3 is 0 Å². The number of hydrogen-bond donors (Lipinski definition) is 1. The van der Waals surface area contributed by atoms with Crippen molar-refractivity contribution in [3.8, 4) is 0 Å². The monoisotopic (exact) mass is 270 g/mol. The summed E-state index contributed by atoms with van der Waals surface area (Å²) in [4.78, 5) is 14.4. The fourth-order valence-corrected chi connectivity index (χ4v) is 2.34. The zero-order valence-electron chi connectivity index (χ0n) is 13.8. The molecule has 0 rings (SSSR count). The van der Waals surface area contributed by atoms with Gasteiger partial charge < -0.3 is 10.6 Å². The molecule has 0 saturated carbocycles. The second-order valence-electron chi connectivity index (χ2n) is 6.93. The van der Waals surface area contributed by atoms with Crippen LogP contribution in [0.25, 0.3) is 0 Å². The Morgan fingerprint density at radius 2 is 1.84 bits per heavy atom. The first-order chi connectivity index (χ1) is 8.71. The van der Waals surface area contributed by atoms with E-state index in [-0.39, 0.29) is 17.4 Å². The highest BCUT2D eigenvalue weighted by Gasteiger charge is 2.23. The molecule has 1 amide bonds. The summed E-state index contributed by atoms with van der Waals surface area (Å²) >= 11 is 0. The second kappa shape index (κ2) is 8.57. The molecule has 0 radical (unpaired) electrons. The smallest absolute Gasteiger partial charge is 0.224 e. The molecule has 0 aliphatic heterocycles. The Labute approximate surface area is 119 Å². The summed E-state index contributed by atoms with van der Waals surface area (Å²) in [5.41, 5.74) is 6.31. The normalized spacial score (nSPS) is 15.1. The Balaban J connectivity index is 4.46. The summed E-state index contributed by atoms with van der Waals surface area (Å²) in [7, 11) is 0. The van der Waals surface area contributed by atoms with Gasteiger partial charge in [0.05, 0.1) is 0 Å². The van der Waals surface area contributed by atoms with Crippen LogP contribution in [0.3, 0.4) is 0 Å². The Morgan fingerprint density at radius 3 is 2.26 bits per heavy atom. The van der Waals surface area contributed by atoms with Crippen LogP contribution in [-0.2, 0) is 4.79 Å². The number of amides is 1. The molecule has 114 valence electrons. The fourth-order valence-electron chi connectivity index (χ4n) is 2.34. The first-order valence-electron chi connectivity index (χ1n) is 7.76. The minimum absolute atomic E-state index is 0.0271. The Bertz CT molecular complexity index is 258. The molecule has 2 atom stereocenters. The van der Waals surface area contributed by atoms with Gasteiger partial charge in [-0.05, 0) is 31.6 Å². The number of carbonyl (C=O) groups is 1. The molecule has 0 spiro atoms. The van der Waals surface area contributed by atoms with Crippen molar-refractivity contribution in [2.45, 2.75) is 85.7 Å². The van der Waals surface area contributed by atoms with Crippen molar-refractivity contribution in [2.75, 3.05) is 6.54 Å². The lowest BCUT2D eigenvalue weighted by Crippen LogP contribution is -2.42. The minimum Gasteiger partial charge on any atom is -0.340 e. The van der Waals surface area contributed by atoms with Gasteiger partial charge in [-0.25, -0.2) is 0 Å². The summed E-state index contributed by atoms with van der Waals surface area (Å²) in [6, 6.07) is 0.293. The molecule has 3 nitrogen and oxygen atoms in total. The molecule has 19 heavy (non-hydrogen) atoms. The van der Waals surface area contributed by atoms with E-state index in [4.69, 9.17) is 5.73 Å². The van der Waals surface area contributed by atoms with Crippen molar-refractivity contribution in [3.63, 3.8) is 0 Å². The number of unbranched alkanes of at least 4 members (excludes halogenated alkanes) is 1. The van der Waals surface area contributed by atoms with E-state index in [9.17, 15) is 4.79 Å². The number of carbonyl (C=O) groups excluding carboxylic acids is 1. The van der Waals surface area contributed by atoms with Crippen molar-refractivity contribution in [2.24, 2.45) is 11.1 Å². The molecule has 0 aromatic rings. The number of nitrogens with two attached hydrogens (primary N) is 1. The van der Waals surface area contributed by atoms with Crippen LogP contribution in [0.1, 0.15) is 73.6 Å². The van der Waals surface area contributed by atoms with Gasteiger partial charge in [-0.3, -0.25) is 4.79 Å². The summed E-state index contributed by atoms with van der Waals surface area (Å²) in [5, 5.41) is 0. The summed E-state index contributed by atoms with van der Waals surface area (Å²) in [5.74, 6) is 0.222. The van der Waals surface area contributed by atoms with Crippen LogP contribution in [-0.4, -0.2) is 29.4 Å². The van der Waals surface area contributed by atoms with E-state index in [2.05, 4.69) is 41.5 Å². The predicted octanol–water partition coefficient (Wildman–Crippen LogP) is 3.57. The summed E-state index contributed by atoms with van der Waals surface area (Å²) < 4.78 is 0. The van der Waals surface area contributed by atoms with Crippen molar-refractivity contribution < 1.29 is 4.79 Å². The van der Waals surface area contributed by atoms with Gasteiger partial charge in [0.15, 0.2) is 0 Å². The zero-order valence-corrected chi connectivity index (χ0v) is 13.8. The Morgan fingerprint density at radius 1 is 1.26 bits per heavy atom. The highest BCUT2D eigenvalue weighted by molar-refractivity contribution is 5.77. The molecule has 2 N–H and O–H groups in total. The maximum absolute atomic E-state index is 12.4. The molecule has 0 aliphatic carbocycles. The maximum atomic E-state index is 12.4. The third kappa shape index (κ3) is 8.25. The van der Waals surface area contributed by atoms with Gasteiger partial charge in [0, 0.05) is 25.0 Å². The Kier molecular flexibility index (Phi) is 8.31. The fraction of sp³-hybridized carbons (Fsp3) is 0.938. The largest absolute Gasteiger partial charge is 0.340 e. The third-order valence-electron chi connectivity index (χ3n) is 3.51. The van der Waals surface area contributed by atoms with Crippen LogP contribution in [0.5, 0.6) is 0 Å². The molecular weight excluding hydrogens is 236 g/mol. The number of nitrogens with zero attached hydrogens (tertiary/aromatic N) is 1. The van der Waals surface area contributed by atoms with E-state index < -0.39 is 0 Å². The quantitative estimate of drug-likeness (QED) is 0.733. The van der Waals surface area contributed by atoms with E-state index in [1.807, 2.05) is 4.90 Å². The summed E-state index contributed by atoms with van der Waals surface area (Å²) in [6.07, 6.45) is 4.56. The lowest BCUT2D eigenvalue weighted by molar-refractivity contribution is -0.133. The molecule has 3 heteroatoms. The molecule has 0 bridgehead atoms. The lowest BCUT2D eigenvalue weighted by atomic mass is 9.87. The molecule has 0 heterocycles. The topological polar surface area (TPSA) is 46.3 Å². The average Bonchev–Trinajstić information content (AvgIpc) is 2.26. The van der Waals surface area contributed by atoms with Crippen LogP contribution in [0, 0.1) is 5.41 Å². The zero-order chi connectivity index (χ0) is 15.1. The third-order valence-corrected chi connectivity index (χ3v) is 3.51. The van der Waals surface area contributed by atoms with E-state index in [1.165, 1.54) is 0 Å². The molecule has 0 saturated heterocycles. The first kappa shape index (κ1) is 18.4. The van der Waals surface area contributed by atoms with Crippen LogP contribution in [0.15, 0.2) is 0 Å². The SMILES string of the molecule is CCCCN(C(=O)CC(N)CC(C)(C)C)C(C)CC. The standard InChI is InChI=1S/C16H34N2O/c1-7-9-10-18(13(3)8-2)15(19)11-14(17)12-16(4,5)6/h13-14H,7-12,17H2,1-6H3. The van der Waals surface area contributed by atoms with Gasteiger partial charge in [0.1, 0.15) is 0 Å². The molecule has 0 aromatic heterocycles. The molecule has 0 aromatic carbocycles. The van der Waals surface area contributed by atoms with Crippen molar-refractivity contribution in [3.05, 3.63) is 0 Å². The van der Waals surface area contributed by atoms with Crippen LogP contribution in [0.2, 0.25) is 0 Å². The highest BCUT2D eigenvalue weighted by atomic mass is 16.2. The average molecular weight is 270 g/mol. The van der Waals surface area contributed by atoms with Crippen LogP contribution >= 0.6 is 0 Å². The minimum atomic E-state index is -0.0271. The van der Waals surface area contributed by atoms with Gasteiger partial charge in [-0.15, -0.1) is 0 Å². The molecule has 0 fully saturated rings. The van der Waals surface area contributed by atoms with Crippen molar-refractivity contribution in [1.29, 1.82) is 0 Å². The van der Waals surface area contributed by atoms with Gasteiger partial charge in [0.2, 0.25) is 5.91 Å². The van der Waals surface area contributed by atoms with E-state index in [0.717, 1.165) is 32.2 Å². The van der Waals surface area contributed by atoms with Crippen LogP contribution in [0.4, 0.5) is 0 Å². The van der Waals surface area contributed by atoms with Crippen molar-refractivity contribution in [1.82, 2.24) is 4.90 Å². The number of hydrogen-bond acceptors (Lipinski definition) is 2. The maximum Gasteiger partial charge on any atom is 0.224 e. The molecule has 2 unspecified atom stereocenters. The summed E-state index contributed by atoms with van der Waals surface area (Å²) in [6.45, 7) is 13.8. The van der Waals surface area contributed by atoms with Crippen molar-refractivity contribution >= 4 is 5.91 Å². The van der Waals surface area contributed by atoms with Gasteiger partial charge in [-0.2, -0.15) is 0 Å². The van der Waals surface area contributed by atoms with E-state index in [0.29, 0.717) is 12.5 Å². The predicted molar refractivity (Wildman–Crippen MR) is 83.0 cm³/mol. The van der Waals surface area contributed by atoms with Gasteiger partial charge in [0.25, 0.3) is 0 Å². The second-order valence-corrected chi connectivity index (χ2v) is 6.93.